The van der Waals surface area contributed by atoms with Gasteiger partial charge in [0.15, 0.2) is 0 Å². The van der Waals surface area contributed by atoms with E-state index in [1.165, 1.54) is 12.2 Å². The summed E-state index contributed by atoms with van der Waals surface area (Å²) in [5.74, 6) is -0.572. The van der Waals surface area contributed by atoms with Gasteiger partial charge >= 0.3 is 0 Å². The molecule has 1 rings (SSSR count). The molecule has 1 nitrogen and oxygen atoms in total. The highest BCUT2D eigenvalue weighted by atomic mass is 35.5. The second-order valence-corrected chi connectivity index (χ2v) is 5.69. The molecule has 1 aromatic rings. The summed E-state index contributed by atoms with van der Waals surface area (Å²) in [5, 5.41) is 0.638. The monoisotopic (exact) mass is 325 g/mol. The Balaban J connectivity index is 3.06. The lowest BCUT2D eigenvalue weighted by Gasteiger charge is -2.28. The Hall–Kier alpha value is -1.35. The Labute approximate surface area is 135 Å². The van der Waals surface area contributed by atoms with Crippen LogP contribution < -0.4 is 5.73 Å². The number of nitrogens with two attached hydrogens (primary N) is 1. The topological polar surface area (TPSA) is 26.0 Å². The molecular formula is C17H18Cl2FN. The third kappa shape index (κ3) is 4.31. The van der Waals surface area contributed by atoms with Crippen LogP contribution in [-0.4, -0.2) is 0 Å². The SMILES string of the molecule is C=C(/C=C(F)\C(Cl)=C/C)C(=C)C(C)(N)c1ccc(Cl)cc1. The lowest BCUT2D eigenvalue weighted by Crippen LogP contribution is -2.35. The second-order valence-electron chi connectivity index (χ2n) is 4.84. The van der Waals surface area contributed by atoms with E-state index < -0.39 is 11.4 Å². The van der Waals surface area contributed by atoms with Gasteiger partial charge in [-0.3, -0.25) is 0 Å². The summed E-state index contributed by atoms with van der Waals surface area (Å²) < 4.78 is 13.8. The van der Waals surface area contributed by atoms with Gasteiger partial charge in [-0.05, 0) is 48.8 Å². The smallest absolute Gasteiger partial charge is 0.142 e. The maximum Gasteiger partial charge on any atom is 0.142 e. The van der Waals surface area contributed by atoms with Crippen LogP contribution in [0.3, 0.4) is 0 Å². The van der Waals surface area contributed by atoms with E-state index >= 15 is 0 Å². The normalized spacial score (nSPS) is 15.5. The molecule has 4 heteroatoms. The van der Waals surface area contributed by atoms with Crippen LogP contribution in [0.15, 0.2) is 71.6 Å². The number of rotatable bonds is 5. The summed E-state index contributed by atoms with van der Waals surface area (Å²) in [6.45, 7) is 11.2. The molecule has 2 N–H and O–H groups in total. The molecule has 0 aliphatic carbocycles. The maximum absolute atomic E-state index is 13.8. The predicted molar refractivity (Wildman–Crippen MR) is 90.1 cm³/mol. The van der Waals surface area contributed by atoms with E-state index in [0.717, 1.165) is 5.56 Å². The van der Waals surface area contributed by atoms with E-state index in [9.17, 15) is 4.39 Å². The summed E-state index contributed by atoms with van der Waals surface area (Å²) in [7, 11) is 0. The quantitative estimate of drug-likeness (QED) is 0.698. The number of hydrogen-bond acceptors (Lipinski definition) is 1. The van der Waals surface area contributed by atoms with Crippen molar-refractivity contribution < 1.29 is 4.39 Å². The van der Waals surface area contributed by atoms with Crippen molar-refractivity contribution in [2.75, 3.05) is 0 Å². The van der Waals surface area contributed by atoms with Gasteiger partial charge in [0.25, 0.3) is 0 Å². The van der Waals surface area contributed by atoms with Crippen molar-refractivity contribution in [3.63, 3.8) is 0 Å². The molecule has 21 heavy (non-hydrogen) atoms. The summed E-state index contributed by atoms with van der Waals surface area (Å²) >= 11 is 11.6. The van der Waals surface area contributed by atoms with E-state index in [0.29, 0.717) is 16.2 Å². The van der Waals surface area contributed by atoms with Crippen LogP contribution in [0.2, 0.25) is 5.02 Å². The highest BCUT2D eigenvalue weighted by Crippen LogP contribution is 2.32. The Morgan fingerprint density at radius 3 is 2.29 bits per heavy atom. The first-order valence-corrected chi connectivity index (χ1v) is 7.08. The molecule has 0 fully saturated rings. The number of allylic oxidation sites excluding steroid dienone is 4. The van der Waals surface area contributed by atoms with Crippen molar-refractivity contribution in [3.05, 3.63) is 82.2 Å². The van der Waals surface area contributed by atoms with Gasteiger partial charge in [-0.15, -0.1) is 0 Å². The Morgan fingerprint density at radius 1 is 1.29 bits per heavy atom. The molecule has 112 valence electrons. The molecule has 0 amide bonds. The second kappa shape index (κ2) is 7.08. The molecule has 1 unspecified atom stereocenters. The molecular weight excluding hydrogens is 308 g/mol. The fourth-order valence-electron chi connectivity index (χ4n) is 1.75. The Morgan fingerprint density at radius 2 is 1.81 bits per heavy atom. The molecule has 0 aliphatic heterocycles. The summed E-state index contributed by atoms with van der Waals surface area (Å²) in [5.41, 5.74) is 7.12. The van der Waals surface area contributed by atoms with Gasteiger partial charge in [0, 0.05) is 5.02 Å². The molecule has 0 aromatic heterocycles. The molecule has 1 atom stereocenters. The summed E-state index contributed by atoms with van der Waals surface area (Å²) in [6, 6.07) is 7.09. The summed E-state index contributed by atoms with van der Waals surface area (Å²) in [4.78, 5) is 0. The Bertz CT molecular complexity index is 610. The van der Waals surface area contributed by atoms with Gasteiger partial charge < -0.3 is 5.73 Å². The zero-order valence-corrected chi connectivity index (χ0v) is 13.6. The molecule has 0 radical (unpaired) electrons. The minimum Gasteiger partial charge on any atom is -0.318 e. The first-order chi connectivity index (χ1) is 9.70. The highest BCUT2D eigenvalue weighted by molar-refractivity contribution is 6.31. The van der Waals surface area contributed by atoms with Gasteiger partial charge in [-0.25, -0.2) is 4.39 Å². The van der Waals surface area contributed by atoms with Crippen LogP contribution >= 0.6 is 23.2 Å². The van der Waals surface area contributed by atoms with E-state index in [1.807, 2.05) is 0 Å². The highest BCUT2D eigenvalue weighted by Gasteiger charge is 2.26. The van der Waals surface area contributed by atoms with Gasteiger partial charge in [-0.2, -0.15) is 0 Å². The zero-order valence-electron chi connectivity index (χ0n) is 12.1. The molecule has 0 aliphatic rings. The van der Waals surface area contributed by atoms with E-state index in [4.69, 9.17) is 28.9 Å². The van der Waals surface area contributed by atoms with Gasteiger partial charge in [-0.1, -0.05) is 54.6 Å². The van der Waals surface area contributed by atoms with Crippen LogP contribution in [0.5, 0.6) is 0 Å². The largest absolute Gasteiger partial charge is 0.318 e. The average Bonchev–Trinajstić information content (AvgIpc) is 2.45. The summed E-state index contributed by atoms with van der Waals surface area (Å²) in [6.07, 6.45) is 2.69. The number of hydrogen-bond donors (Lipinski definition) is 1. The molecule has 0 heterocycles. The molecule has 1 aromatic carbocycles. The Kier molecular flexibility index (Phi) is 5.97. The maximum atomic E-state index is 13.8. The van der Waals surface area contributed by atoms with Crippen LogP contribution in [0.4, 0.5) is 4.39 Å². The van der Waals surface area contributed by atoms with Crippen LogP contribution in [0.1, 0.15) is 19.4 Å². The lowest BCUT2D eigenvalue weighted by molar-refractivity contribution is 0.597. The number of benzene rings is 1. The average molecular weight is 326 g/mol. The first-order valence-electron chi connectivity index (χ1n) is 6.33. The lowest BCUT2D eigenvalue weighted by atomic mass is 9.82. The van der Waals surface area contributed by atoms with Gasteiger partial charge in [0.05, 0.1) is 10.6 Å². The molecule has 0 saturated carbocycles. The van der Waals surface area contributed by atoms with E-state index in [2.05, 4.69) is 13.2 Å². The first kappa shape index (κ1) is 17.7. The van der Waals surface area contributed by atoms with Crippen LogP contribution in [0, 0.1) is 0 Å². The minimum absolute atomic E-state index is 0.0224. The van der Waals surface area contributed by atoms with Gasteiger partial charge in [0.2, 0.25) is 0 Å². The molecule has 0 spiro atoms. The van der Waals surface area contributed by atoms with E-state index in [1.54, 1.807) is 38.1 Å². The third-order valence-electron chi connectivity index (χ3n) is 3.24. The van der Waals surface area contributed by atoms with Crippen molar-refractivity contribution in [2.24, 2.45) is 5.73 Å². The van der Waals surface area contributed by atoms with Crippen molar-refractivity contribution in [3.8, 4) is 0 Å². The molecule has 0 bridgehead atoms. The van der Waals surface area contributed by atoms with E-state index in [-0.39, 0.29) is 5.03 Å². The zero-order chi connectivity index (χ0) is 16.2. The van der Waals surface area contributed by atoms with Gasteiger partial charge in [0.1, 0.15) is 5.83 Å². The third-order valence-corrected chi connectivity index (χ3v) is 3.89. The molecule has 0 saturated heterocycles. The van der Waals surface area contributed by atoms with Crippen LogP contribution in [-0.2, 0) is 5.54 Å². The standard InChI is InChI=1S/C17H18Cl2FN/c1-5-15(19)16(20)10-11(2)12(3)17(4,21)13-6-8-14(18)9-7-13/h5-10H,2-3,21H2,1,4H3/b15-5+,16-10+. The predicted octanol–water partition coefficient (Wildman–Crippen LogP) is 5.62. The van der Waals surface area contributed by atoms with Crippen molar-refractivity contribution >= 4 is 23.2 Å². The van der Waals surface area contributed by atoms with Crippen molar-refractivity contribution in [1.29, 1.82) is 0 Å². The van der Waals surface area contributed by atoms with Crippen LogP contribution in [0.25, 0.3) is 0 Å². The number of halogens is 3. The minimum atomic E-state index is -0.888. The fourth-order valence-corrected chi connectivity index (χ4v) is 1.93. The fraction of sp³-hybridized carbons (Fsp3) is 0.176. The van der Waals surface area contributed by atoms with Crippen molar-refractivity contribution in [1.82, 2.24) is 0 Å². The van der Waals surface area contributed by atoms with Crippen molar-refractivity contribution in [2.45, 2.75) is 19.4 Å².